The van der Waals surface area contributed by atoms with Gasteiger partial charge < -0.3 is 10.6 Å². The number of para-hydroxylation sites is 1. The predicted octanol–water partition coefficient (Wildman–Crippen LogP) is 2.34. The van der Waals surface area contributed by atoms with Crippen LogP contribution in [0.1, 0.15) is 25.7 Å². The van der Waals surface area contributed by atoms with E-state index in [4.69, 9.17) is 4.55 Å². The van der Waals surface area contributed by atoms with Gasteiger partial charge in [-0.05, 0) is 43.9 Å². The third kappa shape index (κ3) is 6.65. The first-order chi connectivity index (χ1) is 16.3. The van der Waals surface area contributed by atoms with Crippen molar-refractivity contribution in [1.82, 2.24) is 34.9 Å². The highest BCUT2D eigenvalue weighted by Crippen LogP contribution is 2.23. The van der Waals surface area contributed by atoms with E-state index < -0.39 is 10.1 Å². The van der Waals surface area contributed by atoms with Gasteiger partial charge in [0.15, 0.2) is 5.82 Å². The van der Waals surface area contributed by atoms with Crippen LogP contribution in [-0.2, 0) is 10.1 Å². The molecule has 1 aromatic carbocycles. The maximum atomic E-state index is 9.19. The molecule has 0 unspecified atom stereocenters. The van der Waals surface area contributed by atoms with Crippen LogP contribution in [0.3, 0.4) is 0 Å². The molecule has 0 bridgehead atoms. The summed E-state index contributed by atoms with van der Waals surface area (Å²) in [5.41, 5.74) is 1.76. The minimum Gasteiger partial charge on any atom is -0.351 e. The Hall–Kier alpha value is -3.71. The van der Waals surface area contributed by atoms with Crippen LogP contribution in [0.4, 0.5) is 11.9 Å². The van der Waals surface area contributed by atoms with Gasteiger partial charge in [0, 0.05) is 36.7 Å². The normalized spacial score (nSPS) is 18.1. The number of anilines is 2. The van der Waals surface area contributed by atoms with Crippen LogP contribution in [-0.4, -0.2) is 66.2 Å². The monoisotopic (exact) mass is 483 g/mol. The van der Waals surface area contributed by atoms with Gasteiger partial charge in [0.1, 0.15) is 5.52 Å². The lowest BCUT2D eigenvalue weighted by atomic mass is 9.91. The quantitative estimate of drug-likeness (QED) is 0.357. The molecule has 1 saturated carbocycles. The number of nitrogens with zero attached hydrogens (tertiary/aromatic N) is 7. The summed E-state index contributed by atoms with van der Waals surface area (Å²) in [5.74, 6) is 2.01. The summed E-state index contributed by atoms with van der Waals surface area (Å²) in [5, 5.41) is 15.3. The lowest BCUT2D eigenvalue weighted by Crippen LogP contribution is -2.33. The highest BCUT2D eigenvalue weighted by atomic mass is 32.2. The van der Waals surface area contributed by atoms with E-state index in [9.17, 15) is 8.42 Å². The zero-order chi connectivity index (χ0) is 24.0. The highest BCUT2D eigenvalue weighted by molar-refractivity contribution is 7.85. The fourth-order valence-corrected chi connectivity index (χ4v) is 3.70. The molecule has 34 heavy (non-hydrogen) atoms. The number of fused-ring (bicyclic) bond motifs is 1. The molecule has 3 N–H and O–H groups in total. The largest absolute Gasteiger partial charge is 0.351 e. The lowest BCUT2D eigenvalue weighted by molar-refractivity contribution is 0.426. The van der Waals surface area contributed by atoms with Gasteiger partial charge in [0.2, 0.25) is 11.9 Å². The second-order valence-corrected chi connectivity index (χ2v) is 9.34. The van der Waals surface area contributed by atoms with Crippen LogP contribution in [0.2, 0.25) is 0 Å². The van der Waals surface area contributed by atoms with Crippen LogP contribution in [0, 0.1) is 0 Å². The number of aromatic nitrogens is 7. The Morgan fingerprint density at radius 3 is 2.15 bits per heavy atom. The average Bonchev–Trinajstić information content (AvgIpc) is 3.25. The average molecular weight is 484 g/mol. The molecule has 3 aromatic heterocycles. The summed E-state index contributed by atoms with van der Waals surface area (Å²) in [6, 6.07) is 12.2. The summed E-state index contributed by atoms with van der Waals surface area (Å²) in [7, 11) is -3.67. The van der Waals surface area contributed by atoms with Crippen LogP contribution >= 0.6 is 0 Å². The topological polar surface area (TPSA) is 161 Å². The molecule has 0 saturated heterocycles. The summed E-state index contributed by atoms with van der Waals surface area (Å²) >= 11 is 0. The molecule has 3 heterocycles. The second-order valence-electron chi connectivity index (χ2n) is 7.87. The summed E-state index contributed by atoms with van der Waals surface area (Å²) in [6.45, 7) is 0. The van der Waals surface area contributed by atoms with E-state index in [0.29, 0.717) is 36.1 Å². The van der Waals surface area contributed by atoms with Gasteiger partial charge in [0.25, 0.3) is 10.1 Å². The number of hydrogen-bond donors (Lipinski definition) is 3. The molecule has 5 rings (SSSR count). The van der Waals surface area contributed by atoms with Crippen molar-refractivity contribution in [2.24, 2.45) is 0 Å². The van der Waals surface area contributed by atoms with E-state index in [0.717, 1.165) is 36.7 Å². The van der Waals surface area contributed by atoms with E-state index in [-0.39, 0.29) is 0 Å². The molecule has 0 atom stereocenters. The van der Waals surface area contributed by atoms with Gasteiger partial charge in [-0.2, -0.15) is 18.1 Å². The molecule has 1 aliphatic rings. The zero-order valence-electron chi connectivity index (χ0n) is 18.5. The van der Waals surface area contributed by atoms with Gasteiger partial charge in [-0.1, -0.05) is 17.3 Å². The smallest absolute Gasteiger partial charge is 0.261 e. The van der Waals surface area contributed by atoms with Crippen molar-refractivity contribution in [3.8, 4) is 5.82 Å². The molecular formula is C21H25N9O3S. The Morgan fingerprint density at radius 1 is 0.882 bits per heavy atom. The number of nitrogens with one attached hydrogen (secondary N) is 2. The summed E-state index contributed by atoms with van der Waals surface area (Å²) in [6.07, 6.45) is 10.1. The third-order valence-electron chi connectivity index (χ3n) is 5.17. The summed E-state index contributed by atoms with van der Waals surface area (Å²) < 4.78 is 27.6. The van der Waals surface area contributed by atoms with Crippen molar-refractivity contribution in [3.63, 3.8) is 0 Å². The Balaban J connectivity index is 0.000000499. The Morgan fingerprint density at radius 2 is 1.47 bits per heavy atom. The molecule has 1 fully saturated rings. The van der Waals surface area contributed by atoms with Crippen molar-refractivity contribution in [2.45, 2.75) is 37.8 Å². The first-order valence-electron chi connectivity index (χ1n) is 10.7. The lowest BCUT2D eigenvalue weighted by Gasteiger charge is -2.29. The molecule has 13 heteroatoms. The van der Waals surface area contributed by atoms with Crippen molar-refractivity contribution in [2.75, 3.05) is 16.9 Å². The van der Waals surface area contributed by atoms with Crippen LogP contribution < -0.4 is 10.6 Å². The fraction of sp³-hybridized carbons (Fsp3) is 0.333. The first-order valence-corrected chi connectivity index (χ1v) is 12.6. The van der Waals surface area contributed by atoms with Crippen molar-refractivity contribution >= 4 is 33.0 Å². The standard InChI is InChI=1S/C20H21N9.CH4O3S/c1-2-5-17-16(4-1)27-28-29(17)18-10-13-23-20(26-18)25-15-8-6-14(7-9-15)24-19-21-11-3-12-22-19;1-5(2,3)4/h1-5,10-15H,6-9H2,(H,21,22,24)(H,23,25,26);1H3,(H,2,3,4). The molecular weight excluding hydrogens is 458 g/mol. The fourth-order valence-electron chi connectivity index (χ4n) is 3.70. The maximum Gasteiger partial charge on any atom is 0.261 e. The van der Waals surface area contributed by atoms with Crippen molar-refractivity contribution in [1.29, 1.82) is 0 Å². The van der Waals surface area contributed by atoms with E-state index in [2.05, 4.69) is 40.9 Å². The van der Waals surface area contributed by atoms with E-state index in [1.54, 1.807) is 23.3 Å². The predicted molar refractivity (Wildman–Crippen MR) is 127 cm³/mol. The molecule has 0 spiro atoms. The van der Waals surface area contributed by atoms with E-state index >= 15 is 0 Å². The third-order valence-corrected chi connectivity index (χ3v) is 5.17. The molecule has 0 radical (unpaired) electrons. The van der Waals surface area contributed by atoms with Crippen LogP contribution in [0.25, 0.3) is 16.9 Å². The van der Waals surface area contributed by atoms with Gasteiger partial charge in [-0.3, -0.25) is 4.55 Å². The molecule has 12 nitrogen and oxygen atoms in total. The van der Waals surface area contributed by atoms with Gasteiger partial charge in [-0.15, -0.1) is 5.10 Å². The van der Waals surface area contributed by atoms with Crippen LogP contribution in [0.15, 0.2) is 55.0 Å². The minimum absolute atomic E-state index is 0.340. The highest BCUT2D eigenvalue weighted by Gasteiger charge is 2.22. The number of benzene rings is 1. The zero-order valence-corrected chi connectivity index (χ0v) is 19.3. The Labute approximate surface area is 196 Å². The Kier molecular flexibility index (Phi) is 7.23. The molecule has 4 aromatic rings. The molecule has 0 aliphatic heterocycles. The first kappa shape index (κ1) is 23.4. The van der Waals surface area contributed by atoms with Gasteiger partial charge in [-0.25, -0.2) is 15.0 Å². The molecule has 1 aliphatic carbocycles. The van der Waals surface area contributed by atoms with Crippen molar-refractivity contribution < 1.29 is 13.0 Å². The molecule has 0 amide bonds. The minimum atomic E-state index is -3.67. The van der Waals surface area contributed by atoms with E-state index in [1.807, 2.05) is 36.4 Å². The maximum absolute atomic E-state index is 9.19. The van der Waals surface area contributed by atoms with Crippen LogP contribution in [0.5, 0.6) is 0 Å². The number of rotatable bonds is 5. The molecule has 178 valence electrons. The SMILES string of the molecule is CS(=O)(=O)O.c1cnc(NC2CCC(Nc3nccc(-n4nnc5ccccc54)n3)CC2)nc1. The summed E-state index contributed by atoms with van der Waals surface area (Å²) in [4.78, 5) is 17.5. The van der Waals surface area contributed by atoms with E-state index in [1.165, 1.54) is 0 Å². The Bertz CT molecular complexity index is 1320. The van der Waals surface area contributed by atoms with Gasteiger partial charge >= 0.3 is 0 Å². The second kappa shape index (κ2) is 10.5. The number of hydrogen-bond acceptors (Lipinski definition) is 10. The van der Waals surface area contributed by atoms with Crippen molar-refractivity contribution in [3.05, 3.63) is 55.0 Å². The van der Waals surface area contributed by atoms with Gasteiger partial charge in [0.05, 0.1) is 11.8 Å².